The Kier molecular flexibility index (Phi) is 3.85. The van der Waals surface area contributed by atoms with Crippen molar-refractivity contribution in [3.05, 3.63) is 34.9 Å². The number of rotatable bonds is 3. The minimum atomic E-state index is 0.117. The minimum Gasteiger partial charge on any atom is -0.335 e. The molecule has 6 heteroatoms. The molecule has 0 aromatic carbocycles. The zero-order valence-corrected chi connectivity index (χ0v) is 15.4. The Balaban J connectivity index is 1.72. The highest BCUT2D eigenvalue weighted by Crippen LogP contribution is 2.38. The summed E-state index contributed by atoms with van der Waals surface area (Å²) < 4.78 is 1.66. The van der Waals surface area contributed by atoms with Gasteiger partial charge >= 0.3 is 0 Å². The van der Waals surface area contributed by atoms with Crippen molar-refractivity contribution in [2.45, 2.75) is 58.9 Å². The second kappa shape index (κ2) is 5.93. The van der Waals surface area contributed by atoms with Crippen LogP contribution in [0.1, 0.15) is 66.5 Å². The second-order valence-corrected chi connectivity index (χ2v) is 7.77. The van der Waals surface area contributed by atoms with E-state index < -0.39 is 0 Å². The van der Waals surface area contributed by atoms with Gasteiger partial charge < -0.3 is 4.90 Å². The topological polar surface area (TPSA) is 63.9 Å². The van der Waals surface area contributed by atoms with E-state index in [9.17, 15) is 4.79 Å². The molecule has 1 amide bonds. The first-order valence-corrected chi connectivity index (χ1v) is 9.15. The number of hydrogen-bond acceptors (Lipinski definition) is 4. The third kappa shape index (κ3) is 2.83. The van der Waals surface area contributed by atoms with E-state index in [1.54, 1.807) is 4.68 Å². The minimum absolute atomic E-state index is 0.117. The maximum atomic E-state index is 13.2. The second-order valence-electron chi connectivity index (χ2n) is 7.77. The van der Waals surface area contributed by atoms with Crippen LogP contribution in [-0.2, 0) is 0 Å². The Morgan fingerprint density at radius 1 is 1.20 bits per heavy atom. The molecule has 1 saturated carbocycles. The molecule has 2 aromatic heterocycles. The normalized spacial score (nSPS) is 22.2. The average molecular weight is 339 g/mol. The molecule has 0 N–H and O–H groups in total. The SMILES string of the molecule is Cc1cc(C)nc(-n2cc(C(=O)N3C[C@H]4CC[C@H]3C4)c(C(C)C)n2)n1. The molecule has 0 unspecified atom stereocenters. The van der Waals surface area contributed by atoms with Crippen LogP contribution in [0.4, 0.5) is 0 Å². The molecular formula is C19H25N5O. The number of carbonyl (C=O) groups excluding carboxylic acids is 1. The maximum Gasteiger partial charge on any atom is 0.257 e. The van der Waals surface area contributed by atoms with Crippen LogP contribution in [0.25, 0.3) is 5.95 Å². The van der Waals surface area contributed by atoms with E-state index in [-0.39, 0.29) is 11.8 Å². The molecule has 0 radical (unpaired) electrons. The summed E-state index contributed by atoms with van der Waals surface area (Å²) in [5.41, 5.74) is 3.32. The third-order valence-corrected chi connectivity index (χ3v) is 5.37. The van der Waals surface area contributed by atoms with Crippen LogP contribution in [0.3, 0.4) is 0 Å². The molecule has 3 heterocycles. The monoisotopic (exact) mass is 339 g/mol. The van der Waals surface area contributed by atoms with Gasteiger partial charge in [0.25, 0.3) is 11.9 Å². The lowest BCUT2D eigenvalue weighted by Gasteiger charge is -2.27. The lowest BCUT2D eigenvalue weighted by atomic mass is 10.0. The largest absolute Gasteiger partial charge is 0.335 e. The Bertz CT molecular complexity index is 805. The maximum absolute atomic E-state index is 13.2. The van der Waals surface area contributed by atoms with Gasteiger partial charge in [0.2, 0.25) is 0 Å². The van der Waals surface area contributed by atoms with Gasteiger partial charge in [-0.3, -0.25) is 4.79 Å². The van der Waals surface area contributed by atoms with Gasteiger partial charge in [-0.05, 0) is 51.0 Å². The Morgan fingerprint density at radius 3 is 2.48 bits per heavy atom. The van der Waals surface area contributed by atoms with Crippen molar-refractivity contribution in [2.24, 2.45) is 5.92 Å². The number of amides is 1. The van der Waals surface area contributed by atoms with Gasteiger partial charge in [-0.15, -0.1) is 0 Å². The van der Waals surface area contributed by atoms with Crippen molar-refractivity contribution in [1.29, 1.82) is 0 Å². The van der Waals surface area contributed by atoms with Crippen molar-refractivity contribution in [1.82, 2.24) is 24.6 Å². The fourth-order valence-electron chi connectivity index (χ4n) is 4.22. The molecule has 2 bridgehead atoms. The summed E-state index contributed by atoms with van der Waals surface area (Å²) in [6.07, 6.45) is 5.39. The van der Waals surface area contributed by atoms with Gasteiger partial charge in [0, 0.05) is 30.2 Å². The third-order valence-electron chi connectivity index (χ3n) is 5.37. The molecule has 2 fully saturated rings. The van der Waals surface area contributed by atoms with Crippen LogP contribution in [0.5, 0.6) is 0 Å². The van der Waals surface area contributed by atoms with Crippen LogP contribution in [0, 0.1) is 19.8 Å². The summed E-state index contributed by atoms with van der Waals surface area (Å²) >= 11 is 0. The van der Waals surface area contributed by atoms with Gasteiger partial charge in [-0.1, -0.05) is 13.8 Å². The van der Waals surface area contributed by atoms with Gasteiger partial charge in [-0.25, -0.2) is 14.6 Å². The van der Waals surface area contributed by atoms with Crippen LogP contribution in [0.15, 0.2) is 12.3 Å². The molecule has 2 atom stereocenters. The summed E-state index contributed by atoms with van der Waals surface area (Å²) in [7, 11) is 0. The fourth-order valence-corrected chi connectivity index (χ4v) is 4.22. The zero-order valence-electron chi connectivity index (χ0n) is 15.4. The number of hydrogen-bond donors (Lipinski definition) is 0. The summed E-state index contributed by atoms with van der Waals surface area (Å²) in [4.78, 5) is 24.2. The molecule has 132 valence electrons. The number of likely N-dealkylation sites (tertiary alicyclic amines) is 1. The molecule has 1 aliphatic carbocycles. The average Bonchev–Trinajstić information content (AvgIpc) is 3.27. The number of fused-ring (bicyclic) bond motifs is 2. The number of piperidine rings is 1. The number of aryl methyl sites for hydroxylation is 2. The Morgan fingerprint density at radius 2 is 1.92 bits per heavy atom. The van der Waals surface area contributed by atoms with Crippen molar-refractivity contribution in [3.8, 4) is 5.95 Å². The van der Waals surface area contributed by atoms with Crippen LogP contribution in [-0.4, -0.2) is 43.1 Å². The first kappa shape index (κ1) is 16.2. The van der Waals surface area contributed by atoms with Gasteiger partial charge in [0.05, 0.1) is 11.3 Å². The van der Waals surface area contributed by atoms with Crippen molar-refractivity contribution in [2.75, 3.05) is 6.54 Å². The number of carbonyl (C=O) groups is 1. The van der Waals surface area contributed by atoms with Crippen molar-refractivity contribution in [3.63, 3.8) is 0 Å². The van der Waals surface area contributed by atoms with E-state index in [4.69, 9.17) is 0 Å². The van der Waals surface area contributed by atoms with E-state index in [0.717, 1.165) is 36.5 Å². The number of aromatic nitrogens is 4. The highest BCUT2D eigenvalue weighted by molar-refractivity contribution is 5.96. The molecule has 4 rings (SSSR count). The lowest BCUT2D eigenvalue weighted by Crippen LogP contribution is -2.37. The number of nitrogens with zero attached hydrogens (tertiary/aromatic N) is 5. The molecule has 1 saturated heterocycles. The van der Waals surface area contributed by atoms with Crippen molar-refractivity contribution < 1.29 is 4.79 Å². The van der Waals surface area contributed by atoms with Crippen LogP contribution in [0.2, 0.25) is 0 Å². The van der Waals surface area contributed by atoms with E-state index in [2.05, 4.69) is 33.8 Å². The van der Waals surface area contributed by atoms with E-state index in [1.807, 2.05) is 26.1 Å². The first-order valence-electron chi connectivity index (χ1n) is 9.15. The van der Waals surface area contributed by atoms with Crippen LogP contribution >= 0.6 is 0 Å². The quantitative estimate of drug-likeness (QED) is 0.862. The molecule has 1 aliphatic heterocycles. The molecule has 6 nitrogen and oxygen atoms in total. The summed E-state index contributed by atoms with van der Waals surface area (Å²) in [5, 5.41) is 4.66. The molecule has 2 aliphatic rings. The summed E-state index contributed by atoms with van der Waals surface area (Å²) in [5.74, 6) is 1.51. The highest BCUT2D eigenvalue weighted by Gasteiger charge is 2.41. The molecule has 25 heavy (non-hydrogen) atoms. The Hall–Kier alpha value is -2.24. The summed E-state index contributed by atoms with van der Waals surface area (Å²) in [6, 6.07) is 2.35. The first-order chi connectivity index (χ1) is 11.9. The van der Waals surface area contributed by atoms with Crippen molar-refractivity contribution >= 4 is 5.91 Å². The molecule has 2 aromatic rings. The predicted octanol–water partition coefficient (Wildman–Crippen LogP) is 3.03. The van der Waals surface area contributed by atoms with E-state index in [0.29, 0.717) is 23.5 Å². The fraction of sp³-hybridized carbons (Fsp3) is 0.579. The standard InChI is InChI=1S/C19H25N5O/c1-11(2)17-16(18(25)23-9-14-5-6-15(23)8-14)10-24(22-17)19-20-12(3)7-13(4)21-19/h7,10-11,14-15H,5-6,8-9H2,1-4H3/t14-,15-/m0/s1. The lowest BCUT2D eigenvalue weighted by molar-refractivity contribution is 0.0702. The highest BCUT2D eigenvalue weighted by atomic mass is 16.2. The molecule has 0 spiro atoms. The van der Waals surface area contributed by atoms with E-state index in [1.165, 1.54) is 6.42 Å². The smallest absolute Gasteiger partial charge is 0.257 e. The summed E-state index contributed by atoms with van der Waals surface area (Å²) in [6.45, 7) is 8.92. The van der Waals surface area contributed by atoms with Gasteiger partial charge in [-0.2, -0.15) is 5.10 Å². The molecular weight excluding hydrogens is 314 g/mol. The van der Waals surface area contributed by atoms with Crippen LogP contribution < -0.4 is 0 Å². The van der Waals surface area contributed by atoms with Gasteiger partial charge in [0.15, 0.2) is 0 Å². The predicted molar refractivity (Wildman–Crippen MR) is 94.9 cm³/mol. The van der Waals surface area contributed by atoms with Gasteiger partial charge in [0.1, 0.15) is 0 Å². The Labute approximate surface area is 148 Å². The zero-order chi connectivity index (χ0) is 17.7. The van der Waals surface area contributed by atoms with E-state index >= 15 is 0 Å².